The zero-order valence-corrected chi connectivity index (χ0v) is 21.1. The van der Waals surface area contributed by atoms with Crippen LogP contribution in [0.15, 0.2) is 57.9 Å². The molecule has 3 aromatic heterocycles. The number of benzene rings is 1. The Kier molecular flexibility index (Phi) is 7.42. The molecule has 4 aromatic rings. The van der Waals surface area contributed by atoms with Gasteiger partial charge < -0.3 is 23.9 Å². The highest BCUT2D eigenvalue weighted by Crippen LogP contribution is 2.38. The predicted octanol–water partition coefficient (Wildman–Crippen LogP) is 4.02. The van der Waals surface area contributed by atoms with Gasteiger partial charge in [-0.3, -0.25) is 14.6 Å². The monoisotopic (exact) mass is 505 g/mol. The fourth-order valence-electron chi connectivity index (χ4n) is 3.57. The standard InChI is InChI=1S/C26H27N5O6/c1-15(2)17-14-24(33)29-26(27-17)31-22(13-18(30-31)19-7-6-10-37-19)28-23(32)9-8-16-11-20(34-3)25(36-5)21(12-16)35-4/h6-15H,1-5H3,(H,28,32)(H,27,29,33)/b9-8-. The maximum atomic E-state index is 12.9. The van der Waals surface area contributed by atoms with Crippen molar-refractivity contribution in [1.82, 2.24) is 19.7 Å². The molecular formula is C26H27N5O6. The second-order valence-corrected chi connectivity index (χ2v) is 8.23. The predicted molar refractivity (Wildman–Crippen MR) is 138 cm³/mol. The number of anilines is 1. The van der Waals surface area contributed by atoms with Gasteiger partial charge in [0, 0.05) is 18.2 Å². The summed E-state index contributed by atoms with van der Waals surface area (Å²) in [5.41, 5.74) is 1.37. The summed E-state index contributed by atoms with van der Waals surface area (Å²) in [4.78, 5) is 32.4. The number of hydrogen-bond acceptors (Lipinski definition) is 8. The number of H-pyrrole nitrogens is 1. The zero-order valence-electron chi connectivity index (χ0n) is 21.1. The summed E-state index contributed by atoms with van der Waals surface area (Å²) in [5.74, 6) is 1.89. The van der Waals surface area contributed by atoms with Crippen LogP contribution in [0, 0.1) is 0 Å². The number of amides is 1. The first-order chi connectivity index (χ1) is 17.8. The number of furan rings is 1. The third kappa shape index (κ3) is 5.56. The lowest BCUT2D eigenvalue weighted by molar-refractivity contribution is -0.111. The van der Waals surface area contributed by atoms with Crippen molar-refractivity contribution in [3.63, 3.8) is 0 Å². The van der Waals surface area contributed by atoms with Crippen LogP contribution in [-0.2, 0) is 4.79 Å². The highest BCUT2D eigenvalue weighted by atomic mass is 16.5. The first kappa shape index (κ1) is 25.3. The zero-order chi connectivity index (χ0) is 26.5. The number of carbonyl (C=O) groups is 1. The number of nitrogens with one attached hydrogen (secondary N) is 2. The Morgan fingerprint density at radius 1 is 1.11 bits per heavy atom. The van der Waals surface area contributed by atoms with Crippen LogP contribution < -0.4 is 25.1 Å². The third-order valence-electron chi connectivity index (χ3n) is 5.39. The molecule has 0 radical (unpaired) electrons. The van der Waals surface area contributed by atoms with Gasteiger partial charge in [0.15, 0.2) is 17.3 Å². The number of methoxy groups -OCH3 is 3. The Hall–Kier alpha value is -4.80. The number of ether oxygens (including phenoxy) is 3. The largest absolute Gasteiger partial charge is 0.493 e. The molecule has 11 heteroatoms. The van der Waals surface area contributed by atoms with Gasteiger partial charge in [0.25, 0.3) is 5.56 Å². The van der Waals surface area contributed by atoms with Gasteiger partial charge in [-0.05, 0) is 41.8 Å². The van der Waals surface area contributed by atoms with Gasteiger partial charge >= 0.3 is 0 Å². The van der Waals surface area contributed by atoms with Gasteiger partial charge in [-0.15, -0.1) is 0 Å². The fourth-order valence-corrected chi connectivity index (χ4v) is 3.57. The Morgan fingerprint density at radius 2 is 1.84 bits per heavy atom. The second kappa shape index (κ2) is 10.9. The van der Waals surface area contributed by atoms with Crippen LogP contribution in [0.3, 0.4) is 0 Å². The van der Waals surface area contributed by atoms with Gasteiger partial charge in [0.05, 0.1) is 33.3 Å². The van der Waals surface area contributed by atoms with Crippen LogP contribution in [0.5, 0.6) is 17.2 Å². The minimum atomic E-state index is -0.441. The molecule has 0 spiro atoms. The second-order valence-electron chi connectivity index (χ2n) is 8.23. The highest BCUT2D eigenvalue weighted by Gasteiger charge is 2.18. The minimum absolute atomic E-state index is 0.0145. The fraction of sp³-hybridized carbons (Fsp3) is 0.231. The van der Waals surface area contributed by atoms with Crippen molar-refractivity contribution in [2.24, 2.45) is 0 Å². The molecule has 0 bridgehead atoms. The van der Waals surface area contributed by atoms with Crippen LogP contribution in [0.2, 0.25) is 0 Å². The maximum Gasteiger partial charge on any atom is 0.252 e. The van der Waals surface area contributed by atoms with E-state index in [1.54, 1.807) is 36.4 Å². The van der Waals surface area contributed by atoms with Crippen molar-refractivity contribution in [2.75, 3.05) is 26.6 Å². The van der Waals surface area contributed by atoms with Crippen LogP contribution >= 0.6 is 0 Å². The maximum absolute atomic E-state index is 12.9. The number of nitrogens with zero attached hydrogens (tertiary/aromatic N) is 3. The van der Waals surface area contributed by atoms with E-state index in [0.29, 0.717) is 40.0 Å². The lowest BCUT2D eigenvalue weighted by Gasteiger charge is -2.12. The van der Waals surface area contributed by atoms with E-state index >= 15 is 0 Å². The van der Waals surface area contributed by atoms with Crippen LogP contribution in [0.1, 0.15) is 31.0 Å². The normalized spacial score (nSPS) is 11.2. The molecule has 192 valence electrons. The van der Waals surface area contributed by atoms with E-state index in [-0.39, 0.29) is 23.2 Å². The van der Waals surface area contributed by atoms with Crippen molar-refractivity contribution in [1.29, 1.82) is 0 Å². The molecule has 11 nitrogen and oxygen atoms in total. The molecule has 4 rings (SSSR count). The molecule has 37 heavy (non-hydrogen) atoms. The van der Waals surface area contributed by atoms with Gasteiger partial charge in [-0.1, -0.05) is 13.8 Å². The first-order valence-corrected chi connectivity index (χ1v) is 11.4. The molecular weight excluding hydrogens is 478 g/mol. The third-order valence-corrected chi connectivity index (χ3v) is 5.39. The lowest BCUT2D eigenvalue weighted by Crippen LogP contribution is -2.18. The van der Waals surface area contributed by atoms with Gasteiger partial charge in [0.2, 0.25) is 17.6 Å². The van der Waals surface area contributed by atoms with Crippen molar-refractivity contribution in [2.45, 2.75) is 19.8 Å². The van der Waals surface area contributed by atoms with E-state index in [9.17, 15) is 9.59 Å². The Morgan fingerprint density at radius 3 is 2.43 bits per heavy atom. The average Bonchev–Trinajstić information content (AvgIpc) is 3.56. The van der Waals surface area contributed by atoms with Crippen molar-refractivity contribution < 1.29 is 23.4 Å². The van der Waals surface area contributed by atoms with Gasteiger partial charge in [0.1, 0.15) is 11.5 Å². The van der Waals surface area contributed by atoms with Crippen LogP contribution in [-0.4, -0.2) is 47.0 Å². The molecule has 0 saturated carbocycles. The number of aromatic amines is 1. The molecule has 0 unspecified atom stereocenters. The number of hydrogen-bond donors (Lipinski definition) is 2. The average molecular weight is 506 g/mol. The summed E-state index contributed by atoms with van der Waals surface area (Å²) >= 11 is 0. The molecule has 0 atom stereocenters. The molecule has 1 aromatic carbocycles. The van der Waals surface area contributed by atoms with Crippen molar-refractivity contribution >= 4 is 17.8 Å². The summed E-state index contributed by atoms with van der Waals surface area (Å²) in [5, 5.41) is 7.30. The van der Waals surface area contributed by atoms with Gasteiger partial charge in [-0.2, -0.15) is 9.78 Å². The first-order valence-electron chi connectivity index (χ1n) is 11.4. The number of carbonyl (C=O) groups excluding carboxylic acids is 1. The van der Waals surface area contributed by atoms with Crippen molar-refractivity contribution in [3.05, 3.63) is 70.3 Å². The minimum Gasteiger partial charge on any atom is -0.493 e. The van der Waals surface area contributed by atoms with E-state index in [0.717, 1.165) is 0 Å². The molecule has 3 heterocycles. The summed E-state index contributed by atoms with van der Waals surface area (Å²) in [6.07, 6.45) is 4.48. The number of aromatic nitrogens is 4. The molecule has 0 saturated heterocycles. The van der Waals surface area contributed by atoms with Crippen LogP contribution in [0.4, 0.5) is 5.82 Å². The Balaban J connectivity index is 1.67. The summed E-state index contributed by atoms with van der Waals surface area (Å²) < 4.78 is 22.9. The molecule has 2 N–H and O–H groups in total. The van der Waals surface area contributed by atoms with E-state index < -0.39 is 5.91 Å². The summed E-state index contributed by atoms with van der Waals surface area (Å²) in [6.45, 7) is 3.86. The summed E-state index contributed by atoms with van der Waals surface area (Å²) in [6, 6.07) is 9.97. The van der Waals surface area contributed by atoms with E-state index in [1.807, 2.05) is 13.8 Å². The molecule has 0 aliphatic carbocycles. The van der Waals surface area contributed by atoms with Crippen molar-refractivity contribution in [3.8, 4) is 34.7 Å². The number of rotatable bonds is 9. The quantitative estimate of drug-likeness (QED) is 0.326. The lowest BCUT2D eigenvalue weighted by atomic mass is 10.1. The Labute approximate surface area is 212 Å². The molecule has 0 aliphatic rings. The van der Waals surface area contributed by atoms with E-state index in [4.69, 9.17) is 18.6 Å². The topological polar surface area (TPSA) is 134 Å². The highest BCUT2D eigenvalue weighted by molar-refractivity contribution is 6.01. The smallest absolute Gasteiger partial charge is 0.252 e. The SMILES string of the molecule is COc1cc(/C=C\C(=O)Nc2cc(-c3ccco3)nn2-c2nc(C(C)C)cc(=O)[nH]2)cc(OC)c1OC. The van der Waals surface area contributed by atoms with E-state index in [2.05, 4.69) is 20.4 Å². The van der Waals surface area contributed by atoms with Crippen LogP contribution in [0.25, 0.3) is 23.5 Å². The van der Waals surface area contributed by atoms with Gasteiger partial charge in [-0.25, -0.2) is 4.98 Å². The molecule has 0 aliphatic heterocycles. The Bertz CT molecular complexity index is 1460. The van der Waals surface area contributed by atoms with E-state index in [1.165, 1.54) is 44.4 Å². The molecule has 0 fully saturated rings. The summed E-state index contributed by atoms with van der Waals surface area (Å²) in [7, 11) is 4.55. The molecule has 1 amide bonds.